The molecule has 36 heavy (non-hydrogen) atoms. The van der Waals surface area contributed by atoms with E-state index in [0.29, 0.717) is 35.0 Å². The maximum Gasteiger partial charge on any atom is 0.316 e. The van der Waals surface area contributed by atoms with Crippen molar-refractivity contribution in [2.24, 2.45) is 58.2 Å². The Morgan fingerprint density at radius 3 is 2.28 bits per heavy atom. The van der Waals surface area contributed by atoms with Crippen LogP contribution in [-0.4, -0.2) is 29.6 Å². The summed E-state index contributed by atoms with van der Waals surface area (Å²) in [4.78, 5) is 25.5. The van der Waals surface area contributed by atoms with Crippen LogP contribution < -0.4 is 0 Å². The van der Waals surface area contributed by atoms with Gasteiger partial charge in [-0.3, -0.25) is 9.59 Å². The van der Waals surface area contributed by atoms with E-state index in [4.69, 9.17) is 4.74 Å². The van der Waals surface area contributed by atoms with Crippen molar-refractivity contribution < 1.29 is 19.4 Å². The molecule has 0 amide bonds. The molecule has 0 radical (unpaired) electrons. The molecule has 4 saturated carbocycles. The van der Waals surface area contributed by atoms with Gasteiger partial charge in [0.2, 0.25) is 0 Å². The predicted octanol–water partition coefficient (Wildman–Crippen LogP) is 7.22. The molecule has 0 bridgehead atoms. The number of ether oxygens (including phenoxy) is 1. The second-order valence-corrected chi connectivity index (χ2v) is 14.1. The van der Waals surface area contributed by atoms with Crippen LogP contribution in [0.2, 0.25) is 0 Å². The minimum absolute atomic E-state index is 0.0353. The number of carbonyl (C=O) groups is 2. The van der Waals surface area contributed by atoms with Crippen LogP contribution in [-0.2, 0) is 14.3 Å². The number of ketones is 1. The van der Waals surface area contributed by atoms with Gasteiger partial charge in [0.1, 0.15) is 11.7 Å². The quantitative estimate of drug-likeness (QED) is 0.281. The normalized spacial score (nSPS) is 43.8. The van der Waals surface area contributed by atoms with Gasteiger partial charge in [-0.1, -0.05) is 41.5 Å². The van der Waals surface area contributed by atoms with Crippen LogP contribution in [0.1, 0.15) is 119 Å². The molecule has 4 aliphatic carbocycles. The maximum absolute atomic E-state index is 12.9. The number of hydrogen-bond donors (Lipinski definition) is 1. The Morgan fingerprint density at radius 1 is 0.944 bits per heavy atom. The lowest BCUT2D eigenvalue weighted by molar-refractivity contribution is -0.157. The predicted molar refractivity (Wildman–Crippen MR) is 144 cm³/mol. The lowest BCUT2D eigenvalue weighted by atomic mass is 9.43. The molecule has 4 nitrogen and oxygen atoms in total. The molecule has 0 heterocycles. The smallest absolute Gasteiger partial charge is 0.316 e. The van der Waals surface area contributed by atoms with Gasteiger partial charge in [-0.05, 0) is 123 Å². The summed E-state index contributed by atoms with van der Waals surface area (Å²) in [5.41, 5.74) is 0.300. The highest BCUT2D eigenvalue weighted by molar-refractivity contribution is 5.99. The summed E-state index contributed by atoms with van der Waals surface area (Å²) in [6, 6.07) is 0. The number of fused-ring (bicyclic) bond motifs is 5. The van der Waals surface area contributed by atoms with Gasteiger partial charge in [0, 0.05) is 5.92 Å². The molecule has 0 aromatic rings. The molecule has 0 aromatic heterocycles. The number of carbonyl (C=O) groups excluding carboxylic acids is 2. The zero-order valence-corrected chi connectivity index (χ0v) is 24.3. The Balaban J connectivity index is 1.54. The zero-order chi connectivity index (χ0) is 26.5. The lowest BCUT2D eigenvalue weighted by Gasteiger charge is -2.63. The van der Waals surface area contributed by atoms with Crippen LogP contribution in [0.4, 0.5) is 0 Å². The first-order valence-corrected chi connectivity index (χ1v) is 15.3. The lowest BCUT2D eigenvalue weighted by Crippen LogP contribution is -2.56. The van der Waals surface area contributed by atoms with Crippen molar-refractivity contribution in [3.05, 3.63) is 0 Å². The first-order chi connectivity index (χ1) is 17.0. The van der Waals surface area contributed by atoms with Crippen molar-refractivity contribution >= 4 is 11.8 Å². The Labute approximate surface area is 220 Å². The zero-order valence-electron chi connectivity index (χ0n) is 24.3. The monoisotopic (exact) mass is 502 g/mol. The van der Waals surface area contributed by atoms with E-state index in [2.05, 4.69) is 27.7 Å². The second-order valence-electron chi connectivity index (χ2n) is 14.1. The van der Waals surface area contributed by atoms with Crippen LogP contribution >= 0.6 is 0 Å². The third-order valence-corrected chi connectivity index (χ3v) is 12.6. The third-order valence-electron chi connectivity index (χ3n) is 12.6. The van der Waals surface area contributed by atoms with Gasteiger partial charge in [0.15, 0.2) is 0 Å². The largest absolute Gasteiger partial charge is 0.468 e. The minimum atomic E-state index is -0.622. The molecule has 4 heteroatoms. The fourth-order valence-electron chi connectivity index (χ4n) is 10.5. The molecule has 4 aliphatic rings. The molecular formula is C32H54O4. The van der Waals surface area contributed by atoms with Crippen LogP contribution in [0.15, 0.2) is 0 Å². The number of hydrogen-bond acceptors (Lipinski definition) is 4. The summed E-state index contributed by atoms with van der Waals surface area (Å²) in [6.07, 6.45) is 13.7. The van der Waals surface area contributed by atoms with E-state index in [-0.39, 0.29) is 17.7 Å². The highest BCUT2D eigenvalue weighted by Crippen LogP contribution is 2.70. The Bertz CT molecular complexity index is 821. The number of methoxy groups -OCH3 is 1. The molecule has 10 atom stereocenters. The minimum Gasteiger partial charge on any atom is -0.468 e. The highest BCUT2D eigenvalue weighted by atomic mass is 16.5. The van der Waals surface area contributed by atoms with Crippen molar-refractivity contribution in [2.75, 3.05) is 7.11 Å². The summed E-state index contributed by atoms with van der Waals surface area (Å²) < 4.78 is 5.08. The number of esters is 1. The summed E-state index contributed by atoms with van der Waals surface area (Å²) in [5.74, 6) is 2.89. The van der Waals surface area contributed by atoms with Crippen molar-refractivity contribution in [1.82, 2.24) is 0 Å². The average Bonchev–Trinajstić information content (AvgIpc) is 3.27. The van der Waals surface area contributed by atoms with E-state index in [1.807, 2.05) is 13.8 Å². The van der Waals surface area contributed by atoms with Gasteiger partial charge in [-0.15, -0.1) is 0 Å². The maximum atomic E-state index is 12.9. The SMILES string of the molecule is CC[C@]1(O)CC[C@@]2(C)[C@@H](CC[C@@H]3[C@@H]2CC[C@]2(CC)[C@@H]([C@H](C)CC(C(=O)OC)C(=O)C(C)C)CC[C@@H]32)C1. The van der Waals surface area contributed by atoms with Crippen molar-refractivity contribution in [3.63, 3.8) is 0 Å². The molecular weight excluding hydrogens is 448 g/mol. The number of Topliss-reactive ketones (excluding diaryl/α,β-unsaturated/α-hetero) is 1. The molecule has 0 aromatic carbocycles. The van der Waals surface area contributed by atoms with E-state index in [9.17, 15) is 14.7 Å². The van der Waals surface area contributed by atoms with Gasteiger partial charge in [0.25, 0.3) is 0 Å². The fourth-order valence-corrected chi connectivity index (χ4v) is 10.5. The number of rotatable bonds is 8. The summed E-state index contributed by atoms with van der Waals surface area (Å²) in [6.45, 7) is 13.2. The Hall–Kier alpha value is -0.900. The van der Waals surface area contributed by atoms with E-state index in [0.717, 1.165) is 37.0 Å². The van der Waals surface area contributed by atoms with Crippen molar-refractivity contribution in [1.29, 1.82) is 0 Å². The molecule has 206 valence electrons. The molecule has 0 saturated heterocycles. The summed E-state index contributed by atoms with van der Waals surface area (Å²) >= 11 is 0. The average molecular weight is 503 g/mol. The van der Waals surface area contributed by atoms with Gasteiger partial charge in [-0.2, -0.15) is 0 Å². The topological polar surface area (TPSA) is 63.6 Å². The first-order valence-electron chi connectivity index (χ1n) is 15.3. The van der Waals surface area contributed by atoms with Crippen molar-refractivity contribution in [2.45, 2.75) is 124 Å². The van der Waals surface area contributed by atoms with Gasteiger partial charge >= 0.3 is 5.97 Å². The van der Waals surface area contributed by atoms with Gasteiger partial charge in [-0.25, -0.2) is 0 Å². The van der Waals surface area contributed by atoms with Crippen molar-refractivity contribution in [3.8, 4) is 0 Å². The van der Waals surface area contributed by atoms with E-state index in [1.165, 1.54) is 58.5 Å². The summed E-state index contributed by atoms with van der Waals surface area (Å²) in [7, 11) is 1.41. The highest BCUT2D eigenvalue weighted by Gasteiger charge is 2.62. The third kappa shape index (κ3) is 4.50. The second kappa shape index (κ2) is 10.3. The van der Waals surface area contributed by atoms with Crippen LogP contribution in [0.5, 0.6) is 0 Å². The van der Waals surface area contributed by atoms with Crippen LogP contribution in [0.25, 0.3) is 0 Å². The first kappa shape index (κ1) is 28.1. The molecule has 4 rings (SSSR count). The van der Waals surface area contributed by atoms with E-state index in [1.54, 1.807) is 0 Å². The summed E-state index contributed by atoms with van der Waals surface area (Å²) in [5, 5.41) is 11.1. The van der Waals surface area contributed by atoms with Crippen LogP contribution in [0, 0.1) is 58.2 Å². The molecule has 0 spiro atoms. The fraction of sp³-hybridized carbons (Fsp3) is 0.938. The molecule has 0 aliphatic heterocycles. The van der Waals surface area contributed by atoms with E-state index < -0.39 is 11.5 Å². The molecule has 1 unspecified atom stereocenters. The Kier molecular flexibility index (Phi) is 8.08. The molecule has 4 fully saturated rings. The Morgan fingerprint density at radius 2 is 1.67 bits per heavy atom. The molecule has 1 N–H and O–H groups in total. The van der Waals surface area contributed by atoms with Gasteiger partial charge in [0.05, 0.1) is 12.7 Å². The standard InChI is InChI=1S/C32H54O4/c1-8-31(35)17-16-30(6)22(19-31)10-11-23-26(30)14-15-32(9-2)25(12-13-27(23)32)21(5)18-24(29(34)36-7)28(33)20(3)4/h20-27,35H,8-19H2,1-7H3/t21-,22+,23-,24?,25-,26+,27+,30+,31+,32-/m1/s1. The number of aliphatic hydroxyl groups is 1. The van der Waals surface area contributed by atoms with E-state index >= 15 is 0 Å². The van der Waals surface area contributed by atoms with Gasteiger partial charge < -0.3 is 9.84 Å². The van der Waals surface area contributed by atoms with Crippen LogP contribution in [0.3, 0.4) is 0 Å².